The lowest BCUT2D eigenvalue weighted by atomic mass is 10.1. The van der Waals surface area contributed by atoms with Crippen molar-refractivity contribution in [2.45, 2.75) is 12.8 Å². The summed E-state index contributed by atoms with van der Waals surface area (Å²) in [5.41, 5.74) is 5.17. The number of alkyl halides is 2. The van der Waals surface area contributed by atoms with Crippen LogP contribution in [-0.4, -0.2) is 18.1 Å². The van der Waals surface area contributed by atoms with E-state index in [2.05, 4.69) is 9.72 Å². The average molecular weight is 342 g/mol. The quantitative estimate of drug-likeness (QED) is 0.518. The minimum atomic E-state index is -2.74. The lowest BCUT2D eigenvalue weighted by Crippen LogP contribution is -2.11. The fraction of sp³-hybridized carbons (Fsp3) is 0.333. The van der Waals surface area contributed by atoms with Gasteiger partial charge in [0.1, 0.15) is 3.70 Å². The van der Waals surface area contributed by atoms with Gasteiger partial charge >= 0.3 is 5.97 Å². The third-order valence-corrected chi connectivity index (χ3v) is 2.83. The molecule has 0 fully saturated rings. The molecule has 0 saturated carbocycles. The van der Waals surface area contributed by atoms with Gasteiger partial charge in [-0.1, -0.05) is 0 Å². The molecule has 0 unspecified atom stereocenters. The molecule has 88 valence electrons. The summed E-state index contributed by atoms with van der Waals surface area (Å²) in [6.45, 7) is 0. The fourth-order valence-electron chi connectivity index (χ4n) is 1.18. The summed E-state index contributed by atoms with van der Waals surface area (Å²) >= 11 is 1.76. The van der Waals surface area contributed by atoms with Crippen molar-refractivity contribution in [1.82, 2.24) is 4.98 Å². The van der Waals surface area contributed by atoms with E-state index in [0.717, 1.165) is 0 Å². The highest BCUT2D eigenvalue weighted by Crippen LogP contribution is 2.31. The molecule has 2 N–H and O–H groups in total. The number of esters is 1. The highest BCUT2D eigenvalue weighted by atomic mass is 127. The van der Waals surface area contributed by atoms with Crippen molar-refractivity contribution < 1.29 is 18.3 Å². The van der Waals surface area contributed by atoms with Crippen LogP contribution in [0, 0.1) is 3.70 Å². The van der Waals surface area contributed by atoms with Gasteiger partial charge in [0, 0.05) is 11.8 Å². The van der Waals surface area contributed by atoms with Gasteiger partial charge in [0.2, 0.25) is 0 Å². The zero-order valence-corrected chi connectivity index (χ0v) is 10.5. The summed E-state index contributed by atoms with van der Waals surface area (Å²) in [6, 6.07) is 0. The molecule has 0 amide bonds. The van der Waals surface area contributed by atoms with E-state index in [1.807, 2.05) is 0 Å². The molecular formula is C9H9F2IN2O2. The topological polar surface area (TPSA) is 65.2 Å². The maximum absolute atomic E-state index is 12.8. The van der Waals surface area contributed by atoms with E-state index in [1.165, 1.54) is 13.3 Å². The van der Waals surface area contributed by atoms with Gasteiger partial charge < -0.3 is 10.5 Å². The number of ether oxygens (including phenoxy) is 1. The van der Waals surface area contributed by atoms with Crippen LogP contribution < -0.4 is 5.73 Å². The number of hydrogen-bond acceptors (Lipinski definition) is 4. The van der Waals surface area contributed by atoms with E-state index >= 15 is 0 Å². The van der Waals surface area contributed by atoms with Crippen molar-refractivity contribution in [3.63, 3.8) is 0 Å². The number of hydrogen-bond donors (Lipinski definition) is 1. The summed E-state index contributed by atoms with van der Waals surface area (Å²) in [6.07, 6.45) is -1.78. The smallest absolute Gasteiger partial charge is 0.310 e. The fourth-order valence-corrected chi connectivity index (χ4v) is 1.61. The Morgan fingerprint density at radius 3 is 2.81 bits per heavy atom. The molecule has 1 rings (SSSR count). The van der Waals surface area contributed by atoms with Crippen LogP contribution in [0.3, 0.4) is 0 Å². The number of anilines is 1. The van der Waals surface area contributed by atoms with Crippen molar-refractivity contribution in [1.29, 1.82) is 0 Å². The summed E-state index contributed by atoms with van der Waals surface area (Å²) in [4.78, 5) is 14.8. The lowest BCUT2D eigenvalue weighted by Gasteiger charge is -2.11. The first-order valence-corrected chi connectivity index (χ1v) is 5.33. The second kappa shape index (κ2) is 5.37. The Hall–Kier alpha value is -0.990. The summed E-state index contributed by atoms with van der Waals surface area (Å²) in [7, 11) is 1.19. The zero-order valence-electron chi connectivity index (χ0n) is 8.34. The zero-order chi connectivity index (χ0) is 12.3. The maximum Gasteiger partial charge on any atom is 0.310 e. The molecule has 1 aromatic heterocycles. The average Bonchev–Trinajstić information content (AvgIpc) is 2.23. The first-order valence-electron chi connectivity index (χ1n) is 4.25. The van der Waals surface area contributed by atoms with Gasteiger partial charge in [0.15, 0.2) is 0 Å². The standard InChI is InChI=1S/C9H9F2IN2O2/c1-16-5(15)2-4-3-14-9(12)7(13)6(4)8(10)11/h3,8H,2,13H2,1H3. The highest BCUT2D eigenvalue weighted by Gasteiger charge is 2.21. The van der Waals surface area contributed by atoms with Crippen molar-refractivity contribution in [2.24, 2.45) is 0 Å². The number of aromatic nitrogens is 1. The van der Waals surface area contributed by atoms with Gasteiger partial charge in [-0.15, -0.1) is 0 Å². The molecule has 0 aliphatic rings. The minimum Gasteiger partial charge on any atom is -0.469 e. The molecule has 0 aromatic carbocycles. The predicted molar refractivity (Wildman–Crippen MR) is 62.0 cm³/mol. The first kappa shape index (κ1) is 13.1. The third-order valence-electron chi connectivity index (χ3n) is 1.97. The Bertz CT molecular complexity index is 413. The third kappa shape index (κ3) is 2.77. The number of pyridine rings is 1. The molecule has 1 heterocycles. The van der Waals surface area contributed by atoms with E-state index in [0.29, 0.717) is 3.70 Å². The summed E-state index contributed by atoms with van der Waals surface area (Å²) in [5.74, 6) is -0.607. The number of rotatable bonds is 3. The minimum absolute atomic E-state index is 0.0861. The van der Waals surface area contributed by atoms with Gasteiger partial charge in [-0.2, -0.15) is 0 Å². The van der Waals surface area contributed by atoms with Crippen LogP contribution in [0.5, 0.6) is 0 Å². The normalized spacial score (nSPS) is 10.6. The van der Waals surface area contributed by atoms with E-state index in [-0.39, 0.29) is 23.2 Å². The lowest BCUT2D eigenvalue weighted by molar-refractivity contribution is -0.139. The number of nitrogen functional groups attached to an aromatic ring is 1. The molecule has 0 aliphatic carbocycles. The molecule has 0 aliphatic heterocycles. The predicted octanol–water partition coefficient (Wildman–Crippen LogP) is 1.92. The Balaban J connectivity index is 3.18. The highest BCUT2D eigenvalue weighted by molar-refractivity contribution is 14.1. The summed E-state index contributed by atoms with van der Waals surface area (Å²) in [5, 5.41) is 0. The Labute approximate surface area is 104 Å². The van der Waals surface area contributed by atoms with Gasteiger partial charge in [0.05, 0.1) is 19.2 Å². The summed E-state index contributed by atoms with van der Waals surface area (Å²) < 4.78 is 30.2. The Morgan fingerprint density at radius 1 is 1.69 bits per heavy atom. The van der Waals surface area contributed by atoms with Crippen LogP contribution in [0.25, 0.3) is 0 Å². The molecule has 4 nitrogen and oxygen atoms in total. The van der Waals surface area contributed by atoms with Gasteiger partial charge in [0.25, 0.3) is 6.43 Å². The molecule has 0 atom stereocenters. The van der Waals surface area contributed by atoms with Crippen molar-refractivity contribution in [3.8, 4) is 0 Å². The van der Waals surface area contributed by atoms with Crippen molar-refractivity contribution >= 4 is 34.2 Å². The maximum atomic E-state index is 12.8. The van der Waals surface area contributed by atoms with E-state index < -0.39 is 12.4 Å². The number of carbonyl (C=O) groups excluding carboxylic acids is 1. The Kier molecular flexibility index (Phi) is 4.39. The van der Waals surface area contributed by atoms with Gasteiger partial charge in [-0.25, -0.2) is 13.8 Å². The van der Waals surface area contributed by atoms with Crippen LogP contribution in [0.1, 0.15) is 17.6 Å². The molecule has 16 heavy (non-hydrogen) atoms. The Morgan fingerprint density at radius 2 is 2.31 bits per heavy atom. The van der Waals surface area contributed by atoms with Crippen LogP contribution in [-0.2, 0) is 16.0 Å². The number of halogens is 3. The van der Waals surface area contributed by atoms with Gasteiger partial charge in [-0.05, 0) is 28.2 Å². The monoisotopic (exact) mass is 342 g/mol. The second-order valence-corrected chi connectivity index (χ2v) is 3.98. The van der Waals surface area contributed by atoms with Crippen LogP contribution in [0.15, 0.2) is 6.20 Å². The molecule has 1 aromatic rings. The van der Waals surface area contributed by atoms with E-state index in [1.54, 1.807) is 22.6 Å². The molecule has 7 heteroatoms. The van der Waals surface area contributed by atoms with Crippen molar-refractivity contribution in [3.05, 3.63) is 21.0 Å². The number of carbonyl (C=O) groups is 1. The number of nitrogens with zero attached hydrogens (tertiary/aromatic N) is 1. The van der Waals surface area contributed by atoms with Gasteiger partial charge in [-0.3, -0.25) is 4.79 Å². The molecule has 0 radical (unpaired) electrons. The van der Waals surface area contributed by atoms with Crippen molar-refractivity contribution in [2.75, 3.05) is 12.8 Å². The molecule has 0 spiro atoms. The molecule has 0 saturated heterocycles. The van der Waals surface area contributed by atoms with Crippen LogP contribution in [0.4, 0.5) is 14.5 Å². The van der Waals surface area contributed by atoms with Crippen LogP contribution in [0.2, 0.25) is 0 Å². The van der Waals surface area contributed by atoms with E-state index in [4.69, 9.17) is 5.73 Å². The number of methoxy groups -OCH3 is 1. The SMILES string of the molecule is COC(=O)Cc1cnc(I)c(N)c1C(F)F. The largest absolute Gasteiger partial charge is 0.469 e. The van der Waals surface area contributed by atoms with Crippen LogP contribution >= 0.6 is 22.6 Å². The first-order chi connectivity index (χ1) is 7.47. The second-order valence-electron chi connectivity index (χ2n) is 2.96. The molecule has 0 bridgehead atoms. The number of nitrogens with two attached hydrogens (primary N) is 1. The van der Waals surface area contributed by atoms with E-state index in [9.17, 15) is 13.6 Å². The molecular weight excluding hydrogens is 333 g/mol.